The lowest BCUT2D eigenvalue weighted by molar-refractivity contribution is 0.399. The lowest BCUT2D eigenvalue weighted by atomic mass is 9.60. The summed E-state index contributed by atoms with van der Waals surface area (Å²) in [7, 11) is 5.79. The van der Waals surface area contributed by atoms with Gasteiger partial charge in [-0.05, 0) is 12.2 Å². The fourth-order valence-corrected chi connectivity index (χ4v) is 1.78. The summed E-state index contributed by atoms with van der Waals surface area (Å²) in [6.45, 7) is 4.20. The third kappa shape index (κ3) is 2.07. The van der Waals surface area contributed by atoms with Gasteiger partial charge in [0.2, 0.25) is 0 Å². The zero-order valence-corrected chi connectivity index (χ0v) is 10.0. The Morgan fingerprint density at radius 1 is 0.882 bits per heavy atom. The molecule has 0 atom stereocenters. The largest absolute Gasteiger partial charge is 0.203 e. The van der Waals surface area contributed by atoms with Crippen molar-refractivity contribution in [3.05, 3.63) is 34.4 Å². The van der Waals surface area contributed by atoms with E-state index in [9.17, 15) is 17.6 Å². The minimum absolute atomic E-state index is 0.180. The van der Waals surface area contributed by atoms with E-state index in [4.69, 9.17) is 7.85 Å². The maximum absolute atomic E-state index is 13.7. The highest BCUT2D eigenvalue weighted by atomic mass is 19.2. The summed E-state index contributed by atoms with van der Waals surface area (Å²) in [5, 5.41) is -1.40. The van der Waals surface area contributed by atoms with Crippen LogP contribution in [0.2, 0.25) is 0 Å². The molecule has 0 aliphatic rings. The van der Waals surface area contributed by atoms with Crippen LogP contribution in [0.5, 0.6) is 0 Å². The van der Waals surface area contributed by atoms with E-state index in [2.05, 4.69) is 0 Å². The predicted octanol–water partition coefficient (Wildman–Crippen LogP) is 3.74. The van der Waals surface area contributed by atoms with Gasteiger partial charge in [-0.25, -0.2) is 17.6 Å². The Balaban J connectivity index is 3.65. The van der Waals surface area contributed by atoms with Crippen molar-refractivity contribution < 1.29 is 17.6 Å². The molecule has 0 bridgehead atoms. The van der Waals surface area contributed by atoms with E-state index in [-0.39, 0.29) is 12.8 Å². The summed E-state index contributed by atoms with van der Waals surface area (Å²) in [5.74, 6) is -5.55. The van der Waals surface area contributed by atoms with E-state index < -0.39 is 39.7 Å². The average molecular weight is 244 g/mol. The maximum atomic E-state index is 13.7. The molecule has 0 heterocycles. The molecule has 0 saturated heterocycles. The smallest absolute Gasteiger partial charge is 0.165 e. The van der Waals surface area contributed by atoms with Gasteiger partial charge in [0.1, 0.15) is 0 Å². The summed E-state index contributed by atoms with van der Waals surface area (Å²) in [4.78, 5) is 0. The Bertz CT molecular complexity index is 410. The van der Waals surface area contributed by atoms with Crippen LogP contribution >= 0.6 is 0 Å². The van der Waals surface area contributed by atoms with E-state index in [1.165, 1.54) is 0 Å². The summed E-state index contributed by atoms with van der Waals surface area (Å²) in [5.41, 5.74) is -1.37. The zero-order valence-electron chi connectivity index (χ0n) is 10.0. The van der Waals surface area contributed by atoms with Gasteiger partial charge in [-0.1, -0.05) is 26.7 Å². The van der Waals surface area contributed by atoms with Crippen LogP contribution in [0.15, 0.2) is 0 Å². The number of benzene rings is 1. The van der Waals surface area contributed by atoms with Crippen LogP contribution in [0, 0.1) is 30.2 Å². The van der Waals surface area contributed by atoms with Crippen LogP contribution in [0.3, 0.4) is 0 Å². The SMILES string of the molecule is [B]C(CC)(CC)c1c(F)c(F)c(C)c(F)c1F. The highest BCUT2D eigenvalue weighted by molar-refractivity contribution is 6.15. The van der Waals surface area contributed by atoms with Crippen molar-refractivity contribution in [2.45, 2.75) is 38.9 Å². The Hall–Kier alpha value is -0.995. The molecule has 0 amide bonds. The first kappa shape index (κ1) is 14.1. The van der Waals surface area contributed by atoms with Gasteiger partial charge in [-0.15, -0.1) is 0 Å². The van der Waals surface area contributed by atoms with Crippen LogP contribution in [0.4, 0.5) is 17.6 Å². The first-order chi connectivity index (χ1) is 7.80. The molecule has 0 N–H and O–H groups in total. The molecule has 1 rings (SSSR count). The van der Waals surface area contributed by atoms with Gasteiger partial charge in [0, 0.05) is 11.1 Å². The van der Waals surface area contributed by atoms with Crippen LogP contribution in [-0.4, -0.2) is 7.85 Å². The fourth-order valence-electron chi connectivity index (χ4n) is 1.78. The first-order valence-corrected chi connectivity index (χ1v) is 5.42. The van der Waals surface area contributed by atoms with Gasteiger partial charge < -0.3 is 0 Å². The highest BCUT2D eigenvalue weighted by Gasteiger charge is 2.33. The van der Waals surface area contributed by atoms with Gasteiger partial charge >= 0.3 is 0 Å². The lowest BCUT2D eigenvalue weighted by Crippen LogP contribution is -2.29. The van der Waals surface area contributed by atoms with Crippen LogP contribution in [-0.2, 0) is 5.31 Å². The molecule has 0 spiro atoms. The number of rotatable bonds is 3. The Kier molecular flexibility index (Phi) is 3.90. The summed E-state index contributed by atoms with van der Waals surface area (Å²) in [6.07, 6.45) is 0.360. The second-order valence-electron chi connectivity index (χ2n) is 4.12. The molecule has 0 aliphatic carbocycles. The molecule has 0 aromatic heterocycles. The van der Waals surface area contributed by atoms with E-state index in [0.717, 1.165) is 6.92 Å². The molecule has 2 radical (unpaired) electrons. The number of hydrogen-bond donors (Lipinski definition) is 0. The van der Waals surface area contributed by atoms with Gasteiger partial charge in [-0.3, -0.25) is 0 Å². The van der Waals surface area contributed by atoms with Crippen molar-refractivity contribution in [3.8, 4) is 0 Å². The first-order valence-electron chi connectivity index (χ1n) is 5.42. The Labute approximate surface area is 99.4 Å². The van der Waals surface area contributed by atoms with Crippen molar-refractivity contribution in [1.82, 2.24) is 0 Å². The summed E-state index contributed by atoms with van der Waals surface area (Å²) in [6, 6.07) is 0. The third-order valence-electron chi connectivity index (χ3n) is 3.24. The van der Waals surface area contributed by atoms with E-state index in [1.54, 1.807) is 13.8 Å². The minimum atomic E-state index is -1.40. The molecule has 1 aromatic rings. The number of hydrogen-bond acceptors (Lipinski definition) is 0. The average Bonchev–Trinajstić information content (AvgIpc) is 2.33. The topological polar surface area (TPSA) is 0 Å². The van der Waals surface area contributed by atoms with Crippen molar-refractivity contribution in [2.75, 3.05) is 0 Å². The molecule has 0 unspecified atom stereocenters. The molecule has 17 heavy (non-hydrogen) atoms. The van der Waals surface area contributed by atoms with Crippen molar-refractivity contribution in [2.24, 2.45) is 0 Å². The molecule has 0 aliphatic heterocycles. The monoisotopic (exact) mass is 244 g/mol. The molecule has 92 valence electrons. The van der Waals surface area contributed by atoms with E-state index in [1.807, 2.05) is 0 Å². The molecular formula is C12H13BF4. The van der Waals surface area contributed by atoms with Gasteiger partial charge in [0.05, 0.1) is 7.85 Å². The second-order valence-corrected chi connectivity index (χ2v) is 4.12. The van der Waals surface area contributed by atoms with Crippen molar-refractivity contribution >= 4 is 7.85 Å². The molecule has 1 aromatic carbocycles. The van der Waals surface area contributed by atoms with Crippen LogP contribution < -0.4 is 0 Å². The summed E-state index contributed by atoms with van der Waals surface area (Å²) < 4.78 is 54.2. The number of halogens is 4. The maximum Gasteiger partial charge on any atom is 0.165 e. The fraction of sp³-hybridized carbons (Fsp3) is 0.500. The quantitative estimate of drug-likeness (QED) is 0.431. The molecule has 0 fully saturated rings. The van der Waals surface area contributed by atoms with Gasteiger partial charge in [0.15, 0.2) is 23.3 Å². The van der Waals surface area contributed by atoms with Gasteiger partial charge in [0.25, 0.3) is 0 Å². The Morgan fingerprint density at radius 2 is 1.24 bits per heavy atom. The van der Waals surface area contributed by atoms with E-state index in [0.29, 0.717) is 0 Å². The predicted molar refractivity (Wildman–Crippen MR) is 59.0 cm³/mol. The molecular weight excluding hydrogens is 231 g/mol. The van der Waals surface area contributed by atoms with Gasteiger partial charge in [-0.2, -0.15) is 0 Å². The third-order valence-corrected chi connectivity index (χ3v) is 3.24. The summed E-state index contributed by atoms with van der Waals surface area (Å²) >= 11 is 0. The second kappa shape index (κ2) is 4.71. The van der Waals surface area contributed by atoms with Crippen molar-refractivity contribution in [3.63, 3.8) is 0 Å². The lowest BCUT2D eigenvalue weighted by Gasteiger charge is -2.29. The zero-order chi connectivity index (χ0) is 13.4. The normalized spacial score (nSPS) is 11.9. The molecule has 5 heteroatoms. The molecule has 0 saturated carbocycles. The van der Waals surface area contributed by atoms with Crippen molar-refractivity contribution in [1.29, 1.82) is 0 Å². The van der Waals surface area contributed by atoms with E-state index >= 15 is 0 Å². The standard InChI is InChI=1S/C12H13BF4/c1-4-12(13,5-2)7-10(16)8(14)6(3)9(15)11(7)17/h4-5H2,1-3H3. The highest BCUT2D eigenvalue weighted by Crippen LogP contribution is 2.35. The van der Waals surface area contributed by atoms with Crippen LogP contribution in [0.1, 0.15) is 37.8 Å². The Morgan fingerprint density at radius 3 is 1.53 bits per heavy atom. The van der Waals surface area contributed by atoms with Crippen LogP contribution in [0.25, 0.3) is 0 Å². The molecule has 0 nitrogen and oxygen atoms in total. The minimum Gasteiger partial charge on any atom is -0.203 e.